The maximum atomic E-state index is 12.7. The van der Waals surface area contributed by atoms with Crippen LogP contribution in [0.15, 0.2) is 0 Å². The Labute approximate surface area is 134 Å². The Balaban J connectivity index is 2.01. The van der Waals surface area contributed by atoms with Gasteiger partial charge in [0.05, 0.1) is 12.1 Å². The van der Waals surface area contributed by atoms with Crippen LogP contribution >= 0.6 is 0 Å². The standard InChI is InChI=1S/C17H32N2O3/c1-13(2)11-17(12-21)8-4-9-19(17)16(22)18-15-6-3-5-14(15)7-10-20/h13-15,20-21H,3-12H2,1-2H3,(H,18,22)/t14-,15+,17-/m0/s1. The van der Waals surface area contributed by atoms with Crippen LogP contribution in [0.4, 0.5) is 4.79 Å². The molecule has 1 heterocycles. The summed E-state index contributed by atoms with van der Waals surface area (Å²) in [6, 6.07) is 0.151. The Morgan fingerprint density at radius 3 is 2.73 bits per heavy atom. The first-order valence-corrected chi connectivity index (χ1v) is 8.82. The lowest BCUT2D eigenvalue weighted by Crippen LogP contribution is -2.56. The van der Waals surface area contributed by atoms with E-state index in [-0.39, 0.29) is 30.8 Å². The summed E-state index contributed by atoms with van der Waals surface area (Å²) in [5.74, 6) is 0.847. The number of nitrogens with one attached hydrogen (secondary N) is 1. The molecule has 128 valence electrons. The molecule has 1 aliphatic heterocycles. The molecule has 22 heavy (non-hydrogen) atoms. The van der Waals surface area contributed by atoms with Crippen LogP contribution in [-0.4, -0.2) is 52.5 Å². The number of carbonyl (C=O) groups is 1. The van der Waals surface area contributed by atoms with E-state index in [2.05, 4.69) is 19.2 Å². The molecule has 3 atom stereocenters. The second-order valence-electron chi connectivity index (χ2n) is 7.49. The van der Waals surface area contributed by atoms with Gasteiger partial charge in [0.1, 0.15) is 0 Å². The van der Waals surface area contributed by atoms with Gasteiger partial charge in [-0.05, 0) is 50.4 Å². The third-order valence-corrected chi connectivity index (χ3v) is 5.39. The monoisotopic (exact) mass is 312 g/mol. The van der Waals surface area contributed by atoms with Crippen molar-refractivity contribution in [2.24, 2.45) is 11.8 Å². The summed E-state index contributed by atoms with van der Waals surface area (Å²) in [4.78, 5) is 14.6. The molecule has 0 spiro atoms. The van der Waals surface area contributed by atoms with Crippen LogP contribution in [0.2, 0.25) is 0 Å². The lowest BCUT2D eigenvalue weighted by Gasteiger charge is -2.39. The van der Waals surface area contributed by atoms with E-state index in [9.17, 15) is 9.90 Å². The van der Waals surface area contributed by atoms with E-state index in [1.54, 1.807) is 0 Å². The molecule has 1 saturated heterocycles. The van der Waals surface area contributed by atoms with Crippen LogP contribution in [0.25, 0.3) is 0 Å². The van der Waals surface area contributed by atoms with Gasteiger partial charge < -0.3 is 20.4 Å². The summed E-state index contributed by atoms with van der Waals surface area (Å²) in [5, 5.41) is 22.3. The Hall–Kier alpha value is -0.810. The molecule has 0 bridgehead atoms. The van der Waals surface area contributed by atoms with Crippen LogP contribution in [0.3, 0.4) is 0 Å². The largest absolute Gasteiger partial charge is 0.396 e. The van der Waals surface area contributed by atoms with Crippen LogP contribution in [-0.2, 0) is 0 Å². The molecule has 2 rings (SSSR count). The zero-order chi connectivity index (χ0) is 16.2. The summed E-state index contributed by atoms with van der Waals surface area (Å²) in [6.45, 7) is 5.24. The highest BCUT2D eigenvalue weighted by molar-refractivity contribution is 5.76. The third-order valence-electron chi connectivity index (χ3n) is 5.39. The van der Waals surface area contributed by atoms with Gasteiger partial charge in [0.25, 0.3) is 0 Å². The lowest BCUT2D eigenvalue weighted by molar-refractivity contribution is 0.0657. The molecule has 0 aromatic heterocycles. The first-order chi connectivity index (χ1) is 10.5. The second-order valence-corrected chi connectivity index (χ2v) is 7.49. The molecule has 2 aliphatic rings. The van der Waals surface area contributed by atoms with Crippen molar-refractivity contribution in [2.75, 3.05) is 19.8 Å². The Kier molecular flexibility index (Phi) is 6.09. The fourth-order valence-electron chi connectivity index (χ4n) is 4.43. The second kappa shape index (κ2) is 7.64. The molecule has 1 saturated carbocycles. The van der Waals surface area contributed by atoms with E-state index in [0.717, 1.165) is 51.5 Å². The molecule has 0 radical (unpaired) electrons. The van der Waals surface area contributed by atoms with E-state index in [4.69, 9.17) is 5.11 Å². The van der Waals surface area contributed by atoms with Crippen molar-refractivity contribution in [3.63, 3.8) is 0 Å². The molecule has 0 unspecified atom stereocenters. The van der Waals surface area contributed by atoms with Gasteiger partial charge in [-0.25, -0.2) is 4.79 Å². The first kappa shape index (κ1) is 17.5. The van der Waals surface area contributed by atoms with Crippen LogP contribution in [0.5, 0.6) is 0 Å². The number of rotatable bonds is 6. The Morgan fingerprint density at radius 1 is 1.32 bits per heavy atom. The van der Waals surface area contributed by atoms with Gasteiger partial charge in [0, 0.05) is 19.2 Å². The van der Waals surface area contributed by atoms with E-state index >= 15 is 0 Å². The number of amides is 2. The van der Waals surface area contributed by atoms with E-state index in [0.29, 0.717) is 11.8 Å². The highest BCUT2D eigenvalue weighted by atomic mass is 16.3. The predicted octanol–water partition coefficient (Wildman–Crippen LogP) is 2.12. The number of hydrogen-bond donors (Lipinski definition) is 3. The smallest absolute Gasteiger partial charge is 0.318 e. The zero-order valence-electron chi connectivity index (χ0n) is 14.1. The molecule has 5 nitrogen and oxygen atoms in total. The van der Waals surface area contributed by atoms with Gasteiger partial charge in [-0.3, -0.25) is 0 Å². The molecule has 5 heteroatoms. The van der Waals surface area contributed by atoms with E-state index < -0.39 is 0 Å². The summed E-state index contributed by atoms with van der Waals surface area (Å²) in [5.41, 5.74) is -0.386. The van der Waals surface area contributed by atoms with Crippen LogP contribution < -0.4 is 5.32 Å². The summed E-state index contributed by atoms with van der Waals surface area (Å²) in [6.07, 6.45) is 6.67. The molecule has 2 fully saturated rings. The summed E-state index contributed by atoms with van der Waals surface area (Å²) < 4.78 is 0. The minimum absolute atomic E-state index is 0.0259. The number of hydrogen-bond acceptors (Lipinski definition) is 3. The van der Waals surface area contributed by atoms with Crippen LogP contribution in [0, 0.1) is 11.8 Å². The maximum Gasteiger partial charge on any atom is 0.318 e. The summed E-state index contributed by atoms with van der Waals surface area (Å²) in [7, 11) is 0. The normalized spacial score (nSPS) is 32.0. The highest BCUT2D eigenvalue weighted by Crippen LogP contribution is 2.35. The number of aliphatic hydroxyl groups is 2. The van der Waals surface area contributed by atoms with Crippen molar-refractivity contribution in [1.29, 1.82) is 0 Å². The van der Waals surface area contributed by atoms with Crippen molar-refractivity contribution in [3.05, 3.63) is 0 Å². The van der Waals surface area contributed by atoms with Crippen molar-refractivity contribution < 1.29 is 15.0 Å². The molecular weight excluding hydrogens is 280 g/mol. The minimum atomic E-state index is -0.386. The van der Waals surface area contributed by atoms with Gasteiger partial charge in [-0.1, -0.05) is 20.3 Å². The average molecular weight is 312 g/mol. The molecule has 0 aromatic rings. The number of aliphatic hydroxyl groups excluding tert-OH is 2. The predicted molar refractivity (Wildman–Crippen MR) is 86.6 cm³/mol. The third kappa shape index (κ3) is 3.74. The molecular formula is C17H32N2O3. The number of carbonyl (C=O) groups excluding carboxylic acids is 1. The quantitative estimate of drug-likeness (QED) is 0.703. The topological polar surface area (TPSA) is 72.8 Å². The van der Waals surface area contributed by atoms with Crippen molar-refractivity contribution in [1.82, 2.24) is 10.2 Å². The SMILES string of the molecule is CC(C)C[C@]1(CO)CCCN1C(=O)N[C@@H]1CCC[C@H]1CCO. The molecule has 3 N–H and O–H groups in total. The number of urea groups is 1. The first-order valence-electron chi connectivity index (χ1n) is 8.82. The van der Waals surface area contributed by atoms with Crippen molar-refractivity contribution >= 4 is 6.03 Å². The number of likely N-dealkylation sites (tertiary alicyclic amines) is 1. The molecule has 0 aromatic carbocycles. The van der Waals surface area contributed by atoms with Crippen LogP contribution in [0.1, 0.15) is 58.8 Å². The van der Waals surface area contributed by atoms with Crippen molar-refractivity contribution in [3.8, 4) is 0 Å². The average Bonchev–Trinajstić information content (AvgIpc) is 3.06. The Morgan fingerprint density at radius 2 is 2.09 bits per heavy atom. The van der Waals surface area contributed by atoms with Gasteiger partial charge in [-0.15, -0.1) is 0 Å². The molecule has 2 amide bonds. The maximum absolute atomic E-state index is 12.7. The molecule has 1 aliphatic carbocycles. The van der Waals surface area contributed by atoms with Gasteiger partial charge in [-0.2, -0.15) is 0 Å². The van der Waals surface area contributed by atoms with Gasteiger partial charge in [0.2, 0.25) is 0 Å². The van der Waals surface area contributed by atoms with Crippen molar-refractivity contribution in [2.45, 2.75) is 70.4 Å². The van der Waals surface area contributed by atoms with E-state index in [1.165, 1.54) is 0 Å². The summed E-state index contributed by atoms with van der Waals surface area (Å²) >= 11 is 0. The fourth-order valence-corrected chi connectivity index (χ4v) is 4.43. The van der Waals surface area contributed by atoms with Gasteiger partial charge in [0.15, 0.2) is 0 Å². The fraction of sp³-hybridized carbons (Fsp3) is 0.941. The zero-order valence-corrected chi connectivity index (χ0v) is 14.1. The van der Waals surface area contributed by atoms with E-state index in [1.807, 2.05) is 4.90 Å². The number of nitrogens with zero attached hydrogens (tertiary/aromatic N) is 1. The lowest BCUT2D eigenvalue weighted by atomic mass is 9.87. The minimum Gasteiger partial charge on any atom is -0.396 e. The van der Waals surface area contributed by atoms with Gasteiger partial charge >= 0.3 is 6.03 Å². The highest BCUT2D eigenvalue weighted by Gasteiger charge is 2.44. The Bertz CT molecular complexity index is 375.